The van der Waals surface area contributed by atoms with Gasteiger partial charge in [-0.1, -0.05) is 40.5 Å². The molecule has 2 fully saturated rings. The minimum Gasteiger partial charge on any atom is -0.323 e. The highest BCUT2D eigenvalue weighted by atomic mass is 16.2. The van der Waals surface area contributed by atoms with E-state index in [0.29, 0.717) is 24.0 Å². The van der Waals surface area contributed by atoms with Crippen LogP contribution < -0.4 is 5.32 Å². The molecule has 1 saturated carbocycles. The van der Waals surface area contributed by atoms with Crippen LogP contribution in [0.4, 0.5) is 0 Å². The summed E-state index contributed by atoms with van der Waals surface area (Å²) in [5, 5.41) is 3.55. The van der Waals surface area contributed by atoms with Crippen molar-refractivity contribution >= 4 is 5.91 Å². The average Bonchev–Trinajstić information content (AvgIpc) is 2.97. The second-order valence-corrected chi connectivity index (χ2v) is 6.29. The van der Waals surface area contributed by atoms with E-state index >= 15 is 0 Å². The first-order valence-corrected chi connectivity index (χ1v) is 7.68. The zero-order valence-corrected chi connectivity index (χ0v) is 12.3. The Hall–Kier alpha value is -0.570. The lowest BCUT2D eigenvalue weighted by atomic mass is 10.1. The Bertz CT molecular complexity index is 303. The van der Waals surface area contributed by atoms with Crippen LogP contribution in [0.5, 0.6) is 0 Å². The Morgan fingerprint density at radius 1 is 1.28 bits per heavy atom. The number of nitrogens with one attached hydrogen (secondary N) is 1. The predicted octanol–water partition coefficient (Wildman–Crippen LogP) is 2.76. The number of hydrogen-bond acceptors (Lipinski definition) is 2. The fraction of sp³-hybridized carbons (Fsp3) is 0.933. The van der Waals surface area contributed by atoms with Crippen LogP contribution in [-0.4, -0.2) is 29.1 Å². The van der Waals surface area contributed by atoms with Crippen molar-refractivity contribution in [1.29, 1.82) is 0 Å². The number of nitrogens with zero attached hydrogens (tertiary/aromatic N) is 1. The first kappa shape index (κ1) is 13.9. The van der Waals surface area contributed by atoms with Crippen LogP contribution in [-0.2, 0) is 4.79 Å². The lowest BCUT2D eigenvalue weighted by molar-refractivity contribution is -0.131. The average molecular weight is 252 g/mol. The first-order chi connectivity index (χ1) is 8.60. The summed E-state index contributed by atoms with van der Waals surface area (Å²) in [7, 11) is 0. The summed E-state index contributed by atoms with van der Waals surface area (Å²) in [6, 6.07) is 0.578. The minimum atomic E-state index is 0.0458. The Balaban J connectivity index is 2.03. The van der Waals surface area contributed by atoms with Crippen molar-refractivity contribution in [3.05, 3.63) is 0 Å². The van der Waals surface area contributed by atoms with E-state index in [9.17, 15) is 4.79 Å². The molecule has 1 heterocycles. The third-order valence-electron chi connectivity index (χ3n) is 4.36. The summed E-state index contributed by atoms with van der Waals surface area (Å²) in [6.07, 6.45) is 6.26. The van der Waals surface area contributed by atoms with Crippen molar-refractivity contribution in [2.45, 2.75) is 78.0 Å². The molecule has 1 aliphatic heterocycles. The SMILES string of the molecule is CCCC1CC1N1C(=O)C(C(C)C)NC1CCC. The summed E-state index contributed by atoms with van der Waals surface area (Å²) in [4.78, 5) is 14.7. The van der Waals surface area contributed by atoms with Gasteiger partial charge in [0.1, 0.15) is 0 Å². The van der Waals surface area contributed by atoms with Gasteiger partial charge in [0.15, 0.2) is 0 Å². The van der Waals surface area contributed by atoms with Crippen LogP contribution in [0.25, 0.3) is 0 Å². The normalized spacial score (nSPS) is 35.6. The molecule has 1 saturated heterocycles. The molecule has 3 nitrogen and oxygen atoms in total. The Morgan fingerprint density at radius 3 is 2.50 bits per heavy atom. The van der Waals surface area contributed by atoms with Crippen molar-refractivity contribution in [2.75, 3.05) is 0 Å². The van der Waals surface area contributed by atoms with Crippen LogP contribution in [0.15, 0.2) is 0 Å². The number of rotatable bonds is 6. The van der Waals surface area contributed by atoms with Gasteiger partial charge in [0, 0.05) is 6.04 Å². The van der Waals surface area contributed by atoms with Gasteiger partial charge in [-0.3, -0.25) is 10.1 Å². The fourth-order valence-electron chi connectivity index (χ4n) is 3.29. The second-order valence-electron chi connectivity index (χ2n) is 6.29. The number of carbonyl (C=O) groups is 1. The summed E-state index contributed by atoms with van der Waals surface area (Å²) in [5.41, 5.74) is 0. The molecule has 104 valence electrons. The van der Waals surface area contributed by atoms with Gasteiger partial charge in [-0.15, -0.1) is 0 Å². The van der Waals surface area contributed by atoms with Gasteiger partial charge in [0.25, 0.3) is 0 Å². The molecule has 1 amide bonds. The van der Waals surface area contributed by atoms with Crippen molar-refractivity contribution < 1.29 is 4.79 Å². The lowest BCUT2D eigenvalue weighted by Gasteiger charge is -2.24. The summed E-state index contributed by atoms with van der Waals surface area (Å²) < 4.78 is 0. The van der Waals surface area contributed by atoms with E-state index in [0.717, 1.165) is 18.8 Å². The monoisotopic (exact) mass is 252 g/mol. The van der Waals surface area contributed by atoms with Gasteiger partial charge in [0.2, 0.25) is 5.91 Å². The van der Waals surface area contributed by atoms with Crippen LogP contribution in [0.3, 0.4) is 0 Å². The summed E-state index contributed by atoms with van der Waals surface area (Å²) >= 11 is 0. The maximum absolute atomic E-state index is 12.5. The van der Waals surface area contributed by atoms with Gasteiger partial charge in [-0.25, -0.2) is 0 Å². The van der Waals surface area contributed by atoms with Crippen LogP contribution in [0.1, 0.15) is 59.8 Å². The van der Waals surface area contributed by atoms with Crippen LogP contribution in [0, 0.1) is 11.8 Å². The van der Waals surface area contributed by atoms with Gasteiger partial charge in [0.05, 0.1) is 12.2 Å². The molecule has 0 aromatic rings. The zero-order chi connectivity index (χ0) is 13.3. The smallest absolute Gasteiger partial charge is 0.241 e. The van der Waals surface area contributed by atoms with Crippen molar-refractivity contribution in [1.82, 2.24) is 10.2 Å². The molecule has 0 bridgehead atoms. The summed E-state index contributed by atoms with van der Waals surface area (Å²) in [5.74, 6) is 1.52. The molecule has 2 rings (SSSR count). The molecule has 3 heteroatoms. The molecule has 1 aliphatic carbocycles. The van der Waals surface area contributed by atoms with Gasteiger partial charge in [-0.05, 0) is 31.1 Å². The van der Waals surface area contributed by atoms with Crippen molar-refractivity contribution in [3.63, 3.8) is 0 Å². The highest BCUT2D eigenvalue weighted by molar-refractivity contribution is 5.85. The van der Waals surface area contributed by atoms with E-state index in [2.05, 4.69) is 37.9 Å². The van der Waals surface area contributed by atoms with E-state index in [4.69, 9.17) is 0 Å². The molecule has 0 aromatic carbocycles. The van der Waals surface area contributed by atoms with Gasteiger partial charge >= 0.3 is 0 Å². The largest absolute Gasteiger partial charge is 0.323 e. The zero-order valence-electron chi connectivity index (χ0n) is 12.3. The van der Waals surface area contributed by atoms with E-state index in [1.165, 1.54) is 19.3 Å². The predicted molar refractivity (Wildman–Crippen MR) is 74.1 cm³/mol. The van der Waals surface area contributed by atoms with Crippen LogP contribution >= 0.6 is 0 Å². The molecule has 0 radical (unpaired) electrons. The highest BCUT2D eigenvalue weighted by Gasteiger charge is 2.51. The third kappa shape index (κ3) is 2.56. The fourth-order valence-corrected chi connectivity index (χ4v) is 3.29. The number of hydrogen-bond donors (Lipinski definition) is 1. The molecule has 2 aliphatic rings. The van der Waals surface area contributed by atoms with E-state index in [1.807, 2.05) is 0 Å². The molecular weight excluding hydrogens is 224 g/mol. The molecule has 0 aromatic heterocycles. The Morgan fingerprint density at radius 2 is 1.94 bits per heavy atom. The third-order valence-corrected chi connectivity index (χ3v) is 4.36. The van der Waals surface area contributed by atoms with Gasteiger partial charge in [-0.2, -0.15) is 0 Å². The molecule has 4 atom stereocenters. The molecule has 0 spiro atoms. The lowest BCUT2D eigenvalue weighted by Crippen LogP contribution is -2.39. The second kappa shape index (κ2) is 5.60. The van der Waals surface area contributed by atoms with E-state index < -0.39 is 0 Å². The molecule has 1 N–H and O–H groups in total. The quantitative estimate of drug-likeness (QED) is 0.788. The van der Waals surface area contributed by atoms with Crippen molar-refractivity contribution in [2.24, 2.45) is 11.8 Å². The molecule has 4 unspecified atom stereocenters. The molecule has 18 heavy (non-hydrogen) atoms. The standard InChI is InChI=1S/C15H28N2O/c1-5-7-11-9-12(11)17-13(8-6-2)16-14(10(3)4)15(17)18/h10-14,16H,5-9H2,1-4H3. The van der Waals surface area contributed by atoms with Gasteiger partial charge < -0.3 is 4.90 Å². The number of carbonyl (C=O) groups excluding carboxylic acids is 1. The number of amides is 1. The maximum atomic E-state index is 12.5. The molecular formula is C15H28N2O. The van der Waals surface area contributed by atoms with E-state index in [1.54, 1.807) is 0 Å². The van der Waals surface area contributed by atoms with E-state index in [-0.39, 0.29) is 6.04 Å². The summed E-state index contributed by atoms with van der Waals surface area (Å²) in [6.45, 7) is 8.71. The topological polar surface area (TPSA) is 32.3 Å². The minimum absolute atomic E-state index is 0.0458. The van der Waals surface area contributed by atoms with Crippen molar-refractivity contribution in [3.8, 4) is 0 Å². The highest BCUT2D eigenvalue weighted by Crippen LogP contribution is 2.42. The Kier molecular flexibility index (Phi) is 4.31. The van der Waals surface area contributed by atoms with Crippen LogP contribution in [0.2, 0.25) is 0 Å². The first-order valence-electron chi connectivity index (χ1n) is 7.68. The Labute approximate surface area is 111 Å². The maximum Gasteiger partial charge on any atom is 0.241 e.